The summed E-state index contributed by atoms with van der Waals surface area (Å²) >= 11 is 0. The van der Waals surface area contributed by atoms with E-state index in [1.807, 2.05) is 0 Å². The van der Waals surface area contributed by atoms with Gasteiger partial charge in [0.2, 0.25) is 0 Å². The molecule has 0 spiro atoms. The molecule has 72 valence electrons. The fourth-order valence-electron chi connectivity index (χ4n) is 1.52. The lowest BCUT2D eigenvalue weighted by Crippen LogP contribution is -1.97. The molecule has 1 aliphatic rings. The van der Waals surface area contributed by atoms with Gasteiger partial charge in [-0.1, -0.05) is 6.07 Å². The highest BCUT2D eigenvalue weighted by atomic mass is 19.1. The molecule has 0 saturated heterocycles. The van der Waals surface area contributed by atoms with Gasteiger partial charge < -0.3 is 4.74 Å². The summed E-state index contributed by atoms with van der Waals surface area (Å²) in [6.45, 7) is 1.33. The van der Waals surface area contributed by atoms with E-state index in [2.05, 4.69) is 0 Å². The zero-order valence-electron chi connectivity index (χ0n) is 7.71. The fourth-order valence-corrected chi connectivity index (χ4v) is 1.52. The van der Waals surface area contributed by atoms with Gasteiger partial charge in [-0.05, 0) is 30.2 Å². The molecule has 0 N–H and O–H groups in total. The maximum absolute atomic E-state index is 12.9. The second-order valence-corrected chi connectivity index (χ2v) is 3.17. The van der Waals surface area contributed by atoms with Crippen molar-refractivity contribution in [3.63, 3.8) is 0 Å². The number of benzene rings is 1. The molecule has 0 fully saturated rings. The van der Waals surface area contributed by atoms with Crippen LogP contribution in [0.5, 0.6) is 0 Å². The molecular weight excluding hydrogens is 183 g/mol. The van der Waals surface area contributed by atoms with Crippen LogP contribution >= 0.6 is 0 Å². The van der Waals surface area contributed by atoms with Gasteiger partial charge in [0.15, 0.2) is 0 Å². The Balaban J connectivity index is 2.35. The smallest absolute Gasteiger partial charge is 0.308 e. The van der Waals surface area contributed by atoms with E-state index >= 15 is 0 Å². The lowest BCUT2D eigenvalue weighted by atomic mass is 10.1. The molecule has 0 amide bonds. The number of carbonyl (C=O) groups excluding carboxylic acids is 1. The van der Waals surface area contributed by atoms with Crippen LogP contribution in [0.15, 0.2) is 24.3 Å². The topological polar surface area (TPSA) is 26.3 Å². The molecule has 3 heteroatoms. The quantitative estimate of drug-likeness (QED) is 0.638. The molecular formula is C11H9FO2. The van der Waals surface area contributed by atoms with E-state index in [1.165, 1.54) is 19.1 Å². The van der Waals surface area contributed by atoms with Crippen molar-refractivity contribution in [1.29, 1.82) is 0 Å². The molecule has 1 aromatic rings. The van der Waals surface area contributed by atoms with Crippen molar-refractivity contribution in [2.45, 2.75) is 13.3 Å². The van der Waals surface area contributed by atoms with Crippen molar-refractivity contribution >= 4 is 11.7 Å². The molecule has 0 bridgehead atoms. The summed E-state index contributed by atoms with van der Waals surface area (Å²) in [5, 5.41) is 0. The molecule has 2 nitrogen and oxygen atoms in total. The van der Waals surface area contributed by atoms with Crippen LogP contribution in [0.2, 0.25) is 0 Å². The predicted molar refractivity (Wildman–Crippen MR) is 49.8 cm³/mol. The van der Waals surface area contributed by atoms with E-state index < -0.39 is 0 Å². The Hall–Kier alpha value is -1.64. The minimum atomic E-state index is -0.381. The van der Waals surface area contributed by atoms with Gasteiger partial charge in [-0.25, -0.2) is 4.39 Å². The van der Waals surface area contributed by atoms with Crippen LogP contribution in [-0.4, -0.2) is 5.97 Å². The Kier molecular flexibility index (Phi) is 2.08. The van der Waals surface area contributed by atoms with Crippen molar-refractivity contribution in [3.05, 3.63) is 41.2 Å². The van der Waals surface area contributed by atoms with Crippen LogP contribution in [-0.2, 0) is 16.0 Å². The fraction of sp³-hybridized carbons (Fsp3) is 0.182. The minimum absolute atomic E-state index is 0.316. The number of hydrogen-bond donors (Lipinski definition) is 0. The van der Waals surface area contributed by atoms with E-state index in [0.717, 1.165) is 5.56 Å². The molecule has 1 aromatic carbocycles. The first-order valence-corrected chi connectivity index (χ1v) is 4.34. The lowest BCUT2D eigenvalue weighted by molar-refractivity contribution is -0.134. The number of rotatable bonds is 1. The van der Waals surface area contributed by atoms with Crippen LogP contribution < -0.4 is 0 Å². The molecule has 0 heterocycles. The Morgan fingerprint density at radius 1 is 1.50 bits per heavy atom. The molecule has 1 aliphatic carbocycles. The minimum Gasteiger partial charge on any atom is -0.426 e. The number of fused-ring (bicyclic) bond motifs is 1. The summed E-state index contributed by atoms with van der Waals surface area (Å²) in [6, 6.07) is 4.50. The van der Waals surface area contributed by atoms with Gasteiger partial charge in [0.05, 0.1) is 0 Å². The SMILES string of the molecule is CC(=O)OC1=CCc2ccc(F)cc21. The van der Waals surface area contributed by atoms with Crippen molar-refractivity contribution in [3.8, 4) is 0 Å². The highest BCUT2D eigenvalue weighted by molar-refractivity contribution is 5.79. The van der Waals surface area contributed by atoms with Gasteiger partial charge >= 0.3 is 5.97 Å². The Bertz CT molecular complexity index is 421. The molecule has 0 atom stereocenters. The number of halogens is 1. The van der Waals surface area contributed by atoms with Crippen LogP contribution in [0.25, 0.3) is 5.76 Å². The molecule has 0 aliphatic heterocycles. The first-order chi connectivity index (χ1) is 6.66. The molecule has 0 unspecified atom stereocenters. The summed E-state index contributed by atoms with van der Waals surface area (Å²) < 4.78 is 17.9. The van der Waals surface area contributed by atoms with Crippen LogP contribution in [0, 0.1) is 5.82 Å². The predicted octanol–water partition coefficient (Wildman–Crippen LogP) is 2.29. The third-order valence-electron chi connectivity index (χ3n) is 2.10. The standard InChI is InChI=1S/C11H9FO2/c1-7(13)14-11-5-3-8-2-4-9(12)6-10(8)11/h2,4-6H,3H2,1H3. The van der Waals surface area contributed by atoms with E-state index in [0.29, 0.717) is 17.7 Å². The Labute approximate surface area is 81.0 Å². The second kappa shape index (κ2) is 3.25. The summed E-state index contributed by atoms with van der Waals surface area (Å²) in [7, 11) is 0. The number of allylic oxidation sites excluding steroid dienone is 1. The van der Waals surface area contributed by atoms with Gasteiger partial charge in [-0.3, -0.25) is 4.79 Å². The molecule has 0 radical (unpaired) electrons. The van der Waals surface area contributed by atoms with Crippen LogP contribution in [0.4, 0.5) is 4.39 Å². The van der Waals surface area contributed by atoms with E-state index in [9.17, 15) is 9.18 Å². The van der Waals surface area contributed by atoms with E-state index in [-0.39, 0.29) is 11.8 Å². The number of ether oxygens (including phenoxy) is 1. The molecule has 0 saturated carbocycles. The van der Waals surface area contributed by atoms with Gasteiger partial charge in [0, 0.05) is 12.5 Å². The van der Waals surface area contributed by atoms with Gasteiger partial charge in [0.25, 0.3) is 0 Å². The first-order valence-electron chi connectivity index (χ1n) is 4.34. The first kappa shape index (κ1) is 8.94. The maximum atomic E-state index is 12.9. The van der Waals surface area contributed by atoms with Crippen molar-refractivity contribution in [2.75, 3.05) is 0 Å². The average Bonchev–Trinajstić information content (AvgIpc) is 2.47. The zero-order valence-corrected chi connectivity index (χ0v) is 7.71. The van der Waals surface area contributed by atoms with Crippen LogP contribution in [0.1, 0.15) is 18.1 Å². The summed E-state index contributed by atoms with van der Waals surface area (Å²) in [5.74, 6) is -0.232. The van der Waals surface area contributed by atoms with E-state index in [4.69, 9.17) is 4.74 Å². The third kappa shape index (κ3) is 1.53. The monoisotopic (exact) mass is 192 g/mol. The second-order valence-electron chi connectivity index (χ2n) is 3.17. The lowest BCUT2D eigenvalue weighted by Gasteiger charge is -2.04. The molecule has 0 aromatic heterocycles. The third-order valence-corrected chi connectivity index (χ3v) is 2.10. The molecule has 2 rings (SSSR count). The zero-order chi connectivity index (χ0) is 10.1. The highest BCUT2D eigenvalue weighted by Gasteiger charge is 2.17. The van der Waals surface area contributed by atoms with Gasteiger partial charge in [0.1, 0.15) is 11.6 Å². The summed E-state index contributed by atoms with van der Waals surface area (Å²) in [5.41, 5.74) is 1.67. The number of carbonyl (C=O) groups is 1. The molecule has 14 heavy (non-hydrogen) atoms. The number of hydrogen-bond acceptors (Lipinski definition) is 2. The Morgan fingerprint density at radius 3 is 3.00 bits per heavy atom. The summed E-state index contributed by atoms with van der Waals surface area (Å²) in [6.07, 6.45) is 2.48. The largest absolute Gasteiger partial charge is 0.426 e. The highest BCUT2D eigenvalue weighted by Crippen LogP contribution is 2.28. The van der Waals surface area contributed by atoms with Crippen molar-refractivity contribution in [1.82, 2.24) is 0 Å². The number of esters is 1. The summed E-state index contributed by atoms with van der Waals surface area (Å²) in [4.78, 5) is 10.7. The van der Waals surface area contributed by atoms with E-state index in [1.54, 1.807) is 12.1 Å². The average molecular weight is 192 g/mol. The Morgan fingerprint density at radius 2 is 2.29 bits per heavy atom. The maximum Gasteiger partial charge on any atom is 0.308 e. The normalized spacial score (nSPS) is 13.4. The van der Waals surface area contributed by atoms with Gasteiger partial charge in [-0.2, -0.15) is 0 Å². The van der Waals surface area contributed by atoms with Crippen molar-refractivity contribution < 1.29 is 13.9 Å². The van der Waals surface area contributed by atoms with Gasteiger partial charge in [-0.15, -0.1) is 0 Å². The van der Waals surface area contributed by atoms with Crippen molar-refractivity contribution in [2.24, 2.45) is 0 Å². The van der Waals surface area contributed by atoms with Crippen LogP contribution in [0.3, 0.4) is 0 Å².